The maximum Gasteiger partial charge on any atom is 0.318 e. The number of piperidine rings is 1. The van der Waals surface area contributed by atoms with E-state index in [9.17, 15) is 4.79 Å². The summed E-state index contributed by atoms with van der Waals surface area (Å²) in [7, 11) is 0. The summed E-state index contributed by atoms with van der Waals surface area (Å²) in [6.07, 6.45) is 4.20. The molecule has 0 saturated carbocycles. The Hall–Kier alpha value is -1.38. The van der Waals surface area contributed by atoms with Crippen molar-refractivity contribution in [3.63, 3.8) is 0 Å². The van der Waals surface area contributed by atoms with E-state index in [-0.39, 0.29) is 29.5 Å². The van der Waals surface area contributed by atoms with E-state index in [1.165, 1.54) is 5.56 Å². The van der Waals surface area contributed by atoms with Gasteiger partial charge in [0.1, 0.15) is 0 Å². The number of hydrogen-bond donors (Lipinski definition) is 1. The summed E-state index contributed by atoms with van der Waals surface area (Å²) in [5, 5.41) is 3.45. The van der Waals surface area contributed by atoms with Gasteiger partial charge in [0.15, 0.2) is 0 Å². The highest BCUT2D eigenvalue weighted by Crippen LogP contribution is 2.33. The number of carbonyl (C=O) groups excluding carboxylic acids is 1. The van der Waals surface area contributed by atoms with Gasteiger partial charge in [-0.2, -0.15) is 0 Å². The number of urea groups is 1. The first-order chi connectivity index (χ1) is 13.8. The van der Waals surface area contributed by atoms with Crippen LogP contribution < -0.4 is 5.32 Å². The number of carbonyl (C=O) groups is 1. The van der Waals surface area contributed by atoms with E-state index in [4.69, 9.17) is 4.74 Å². The van der Waals surface area contributed by atoms with Crippen molar-refractivity contribution >= 4 is 18.4 Å². The molecule has 3 fully saturated rings. The maximum absolute atomic E-state index is 12.9. The SMILES string of the molecule is Cl.O.O=C(NC1(c2ccccc2)CCN(CCN2CCOCC2)CC1)N1CCCC1. The van der Waals surface area contributed by atoms with Crippen LogP contribution in [-0.2, 0) is 10.3 Å². The van der Waals surface area contributed by atoms with Crippen LogP contribution in [0.1, 0.15) is 31.2 Å². The predicted molar refractivity (Wildman–Crippen MR) is 121 cm³/mol. The van der Waals surface area contributed by atoms with Crippen molar-refractivity contribution in [2.24, 2.45) is 0 Å². The molecule has 0 unspecified atom stereocenters. The van der Waals surface area contributed by atoms with Crippen LogP contribution in [0.25, 0.3) is 0 Å². The molecule has 170 valence electrons. The van der Waals surface area contributed by atoms with Crippen LogP contribution in [-0.4, -0.2) is 91.8 Å². The van der Waals surface area contributed by atoms with Gasteiger partial charge in [0, 0.05) is 52.4 Å². The summed E-state index contributed by atoms with van der Waals surface area (Å²) in [5.74, 6) is 0. The fraction of sp³-hybridized carbons (Fsp3) is 0.682. The number of morpholine rings is 1. The number of halogens is 1. The molecule has 3 aliphatic rings. The molecule has 3 saturated heterocycles. The summed E-state index contributed by atoms with van der Waals surface area (Å²) in [6, 6.07) is 10.7. The summed E-state index contributed by atoms with van der Waals surface area (Å²) >= 11 is 0. The van der Waals surface area contributed by atoms with Crippen LogP contribution in [0.3, 0.4) is 0 Å². The Morgan fingerprint density at radius 1 is 0.900 bits per heavy atom. The molecule has 2 amide bonds. The second kappa shape index (κ2) is 11.9. The highest BCUT2D eigenvalue weighted by atomic mass is 35.5. The summed E-state index contributed by atoms with van der Waals surface area (Å²) in [6.45, 7) is 9.87. The third kappa shape index (κ3) is 6.08. The number of ether oxygens (including phenoxy) is 1. The molecule has 0 radical (unpaired) electrons. The van der Waals surface area contributed by atoms with E-state index in [0.717, 1.165) is 91.3 Å². The van der Waals surface area contributed by atoms with Crippen molar-refractivity contribution in [3.8, 4) is 0 Å². The Kier molecular flexibility index (Phi) is 9.84. The zero-order valence-corrected chi connectivity index (χ0v) is 18.7. The largest absolute Gasteiger partial charge is 0.412 e. The highest BCUT2D eigenvalue weighted by Gasteiger charge is 2.38. The van der Waals surface area contributed by atoms with Gasteiger partial charge in [-0.15, -0.1) is 12.4 Å². The minimum absolute atomic E-state index is 0. The van der Waals surface area contributed by atoms with E-state index in [1.807, 2.05) is 4.90 Å². The van der Waals surface area contributed by atoms with Crippen molar-refractivity contribution in [2.45, 2.75) is 31.2 Å². The average Bonchev–Trinajstić information content (AvgIpc) is 3.30. The third-order valence-electron chi connectivity index (χ3n) is 6.61. The lowest BCUT2D eigenvalue weighted by Crippen LogP contribution is -2.56. The average molecular weight is 441 g/mol. The standard InChI is InChI=1S/C22H34N4O2.ClH.H2O/c27-21(26-10-4-5-11-26)23-22(20-6-2-1-3-7-20)8-12-24(13-9-22)14-15-25-16-18-28-19-17-25;;/h1-3,6-7H,4-5,8-19H2,(H,23,27);1H;1H2. The number of likely N-dealkylation sites (tertiary alicyclic amines) is 2. The van der Waals surface area contributed by atoms with Crippen LogP contribution in [0.15, 0.2) is 30.3 Å². The Balaban J connectivity index is 0.00000160. The molecule has 4 rings (SSSR count). The number of hydrogen-bond acceptors (Lipinski definition) is 4. The fourth-order valence-corrected chi connectivity index (χ4v) is 4.71. The van der Waals surface area contributed by atoms with Crippen LogP contribution in [0.5, 0.6) is 0 Å². The van der Waals surface area contributed by atoms with Gasteiger partial charge in [0.25, 0.3) is 0 Å². The van der Waals surface area contributed by atoms with Gasteiger partial charge < -0.3 is 25.3 Å². The van der Waals surface area contributed by atoms with Crippen LogP contribution in [0, 0.1) is 0 Å². The first-order valence-corrected chi connectivity index (χ1v) is 10.9. The number of rotatable bonds is 5. The van der Waals surface area contributed by atoms with Gasteiger partial charge in [-0.1, -0.05) is 30.3 Å². The number of amides is 2. The summed E-state index contributed by atoms with van der Waals surface area (Å²) in [5.41, 5.74) is 1.01. The Morgan fingerprint density at radius 3 is 2.07 bits per heavy atom. The summed E-state index contributed by atoms with van der Waals surface area (Å²) in [4.78, 5) is 19.9. The lowest BCUT2D eigenvalue weighted by molar-refractivity contribution is 0.0300. The van der Waals surface area contributed by atoms with Crippen molar-refractivity contribution in [2.75, 3.05) is 65.6 Å². The van der Waals surface area contributed by atoms with E-state index < -0.39 is 0 Å². The van der Waals surface area contributed by atoms with Crippen molar-refractivity contribution in [1.29, 1.82) is 0 Å². The third-order valence-corrected chi connectivity index (χ3v) is 6.61. The van der Waals surface area contributed by atoms with Gasteiger partial charge in [0.2, 0.25) is 0 Å². The second-order valence-corrected chi connectivity index (χ2v) is 8.37. The molecule has 0 aliphatic carbocycles. The normalized spacial score (nSPS) is 22.1. The van der Waals surface area contributed by atoms with E-state index >= 15 is 0 Å². The minimum Gasteiger partial charge on any atom is -0.412 e. The molecule has 8 heteroatoms. The minimum atomic E-state index is -0.240. The topological polar surface area (TPSA) is 79.5 Å². The first kappa shape index (κ1) is 24.9. The molecule has 0 bridgehead atoms. The van der Waals surface area contributed by atoms with E-state index in [1.54, 1.807) is 0 Å². The van der Waals surface area contributed by atoms with E-state index in [0.29, 0.717) is 0 Å². The predicted octanol–water partition coefficient (Wildman–Crippen LogP) is 1.71. The summed E-state index contributed by atoms with van der Waals surface area (Å²) < 4.78 is 5.45. The zero-order valence-electron chi connectivity index (χ0n) is 17.9. The molecule has 3 N–H and O–H groups in total. The molecule has 3 aliphatic heterocycles. The van der Waals surface area contributed by atoms with Crippen LogP contribution in [0.2, 0.25) is 0 Å². The monoisotopic (exact) mass is 440 g/mol. The number of nitrogens with one attached hydrogen (secondary N) is 1. The molecule has 0 spiro atoms. The molecule has 1 aromatic rings. The second-order valence-electron chi connectivity index (χ2n) is 8.37. The molecule has 30 heavy (non-hydrogen) atoms. The molecule has 0 aromatic heterocycles. The van der Waals surface area contributed by atoms with Gasteiger partial charge >= 0.3 is 6.03 Å². The smallest absolute Gasteiger partial charge is 0.318 e. The molecule has 0 atom stereocenters. The first-order valence-electron chi connectivity index (χ1n) is 10.9. The van der Waals surface area contributed by atoms with Gasteiger partial charge in [-0.05, 0) is 31.2 Å². The van der Waals surface area contributed by atoms with Gasteiger partial charge in [-0.25, -0.2) is 4.79 Å². The number of benzene rings is 1. The Labute approximate surface area is 186 Å². The molecule has 1 aromatic carbocycles. The highest BCUT2D eigenvalue weighted by molar-refractivity contribution is 5.85. The van der Waals surface area contributed by atoms with Crippen molar-refractivity contribution in [3.05, 3.63) is 35.9 Å². The van der Waals surface area contributed by atoms with Crippen molar-refractivity contribution in [1.82, 2.24) is 20.0 Å². The molecule has 7 nitrogen and oxygen atoms in total. The van der Waals surface area contributed by atoms with Gasteiger partial charge in [-0.3, -0.25) is 4.90 Å². The van der Waals surface area contributed by atoms with Crippen LogP contribution >= 0.6 is 12.4 Å². The van der Waals surface area contributed by atoms with E-state index in [2.05, 4.69) is 45.4 Å². The van der Waals surface area contributed by atoms with Gasteiger partial charge in [0.05, 0.1) is 18.8 Å². The molecular weight excluding hydrogens is 404 g/mol. The van der Waals surface area contributed by atoms with Crippen molar-refractivity contribution < 1.29 is 15.0 Å². The quantitative estimate of drug-likeness (QED) is 0.755. The number of nitrogens with zero attached hydrogens (tertiary/aromatic N) is 3. The molecular formula is C22H37ClN4O3. The molecule has 3 heterocycles. The Bertz CT molecular complexity index is 629. The zero-order chi connectivity index (χ0) is 19.2. The Morgan fingerprint density at radius 2 is 1.47 bits per heavy atom. The fourth-order valence-electron chi connectivity index (χ4n) is 4.71. The maximum atomic E-state index is 12.9. The van der Waals surface area contributed by atoms with Crippen LogP contribution in [0.4, 0.5) is 4.79 Å². The lowest BCUT2D eigenvalue weighted by atomic mass is 9.81. The lowest BCUT2D eigenvalue weighted by Gasteiger charge is -2.44.